The van der Waals surface area contributed by atoms with Crippen LogP contribution < -0.4 is 21.7 Å². The molecule has 0 aliphatic carbocycles. The van der Waals surface area contributed by atoms with Gasteiger partial charge in [-0.25, -0.2) is 24.1 Å². The van der Waals surface area contributed by atoms with Gasteiger partial charge in [-0.1, -0.05) is 23.7 Å². The maximum absolute atomic E-state index is 13.0. The molecule has 9 nitrogen and oxygen atoms in total. The number of hydrogen-bond acceptors (Lipinski definition) is 6. The fourth-order valence-electron chi connectivity index (χ4n) is 3.18. The number of hydrogen-bond donors (Lipinski definition) is 1. The number of aromatic nitrogens is 4. The van der Waals surface area contributed by atoms with Crippen LogP contribution in [0, 0.1) is 11.3 Å². The number of rotatable bonds is 6. The Morgan fingerprint density at radius 2 is 1.79 bits per heavy atom. The molecule has 0 unspecified atom stereocenters. The van der Waals surface area contributed by atoms with Crippen molar-refractivity contribution in [3.63, 3.8) is 0 Å². The zero-order chi connectivity index (χ0) is 24.1. The van der Waals surface area contributed by atoms with E-state index in [1.165, 1.54) is 10.8 Å². The van der Waals surface area contributed by atoms with Gasteiger partial charge in [-0.15, -0.1) is 0 Å². The molecule has 170 valence electrons. The minimum atomic E-state index is -0.549. The van der Waals surface area contributed by atoms with Crippen LogP contribution in [0.5, 0.6) is 11.6 Å². The number of nitrogens with zero attached hydrogens (tertiary/aromatic N) is 5. The first-order chi connectivity index (χ1) is 16.5. The van der Waals surface area contributed by atoms with E-state index in [1.54, 1.807) is 67.6 Å². The van der Waals surface area contributed by atoms with Crippen molar-refractivity contribution in [2.45, 2.75) is 20.0 Å². The molecule has 1 N–H and O–H groups in total. The van der Waals surface area contributed by atoms with Gasteiger partial charge in [0.25, 0.3) is 0 Å². The van der Waals surface area contributed by atoms with Crippen LogP contribution in [0.3, 0.4) is 0 Å². The number of nitriles is 1. The third-order valence-corrected chi connectivity index (χ3v) is 5.17. The van der Waals surface area contributed by atoms with Gasteiger partial charge in [0, 0.05) is 17.6 Å². The van der Waals surface area contributed by atoms with Gasteiger partial charge in [0.15, 0.2) is 0 Å². The van der Waals surface area contributed by atoms with E-state index < -0.39 is 11.4 Å². The fourth-order valence-corrected chi connectivity index (χ4v) is 3.30. The summed E-state index contributed by atoms with van der Waals surface area (Å²) in [6.45, 7) is 2.13. The van der Waals surface area contributed by atoms with Crippen LogP contribution in [0.1, 0.15) is 18.1 Å². The van der Waals surface area contributed by atoms with Gasteiger partial charge in [0.2, 0.25) is 11.5 Å². The lowest BCUT2D eigenvalue weighted by Crippen LogP contribution is -2.49. The average Bonchev–Trinajstić information content (AvgIpc) is 2.84. The Kier molecular flexibility index (Phi) is 6.71. The van der Waals surface area contributed by atoms with Gasteiger partial charge < -0.3 is 4.74 Å². The van der Waals surface area contributed by atoms with Crippen LogP contribution >= 0.6 is 11.6 Å². The van der Waals surface area contributed by atoms with Crippen molar-refractivity contribution in [2.75, 3.05) is 0 Å². The zero-order valence-electron chi connectivity index (χ0n) is 18.1. The molecule has 0 spiro atoms. The molecule has 2 aromatic heterocycles. The van der Waals surface area contributed by atoms with Crippen LogP contribution in [0.25, 0.3) is 0 Å². The molecule has 4 aromatic rings. The van der Waals surface area contributed by atoms with E-state index in [0.717, 1.165) is 10.1 Å². The summed E-state index contributed by atoms with van der Waals surface area (Å²) < 4.78 is 8.16. The lowest BCUT2D eigenvalue weighted by molar-refractivity contribution is 0.463. The quantitative estimate of drug-likeness (QED) is 0.459. The lowest BCUT2D eigenvalue weighted by Gasteiger charge is -2.10. The molecule has 0 saturated carbocycles. The van der Waals surface area contributed by atoms with Crippen LogP contribution in [-0.2, 0) is 13.1 Å². The summed E-state index contributed by atoms with van der Waals surface area (Å²) in [5, 5.41) is 9.47. The maximum atomic E-state index is 13.0. The molecule has 4 rings (SSSR count). The van der Waals surface area contributed by atoms with Crippen LogP contribution in [0.15, 0.2) is 81.4 Å². The second-order valence-corrected chi connectivity index (χ2v) is 7.63. The maximum Gasteiger partial charge on any atom is 0.335 e. The SMILES string of the molecule is CCn1c(=O)[nH]/c(=N\c2ccc(Oc3ccc(C#N)cc3)nc2)n(Cc2ccc(Cl)cc2)c1=O. The molecular weight excluding hydrogens is 456 g/mol. The normalized spacial score (nSPS) is 11.3. The number of benzene rings is 2. The first kappa shape index (κ1) is 22.8. The highest BCUT2D eigenvalue weighted by atomic mass is 35.5. The van der Waals surface area contributed by atoms with E-state index in [4.69, 9.17) is 21.6 Å². The van der Waals surface area contributed by atoms with Crippen molar-refractivity contribution in [3.05, 3.63) is 110 Å². The molecule has 0 radical (unpaired) electrons. The van der Waals surface area contributed by atoms with E-state index >= 15 is 0 Å². The van der Waals surface area contributed by atoms with Gasteiger partial charge in [0.1, 0.15) is 5.75 Å². The number of halogens is 1. The molecule has 0 amide bonds. The van der Waals surface area contributed by atoms with Gasteiger partial charge in [-0.05, 0) is 55.0 Å². The highest BCUT2D eigenvalue weighted by Gasteiger charge is 2.09. The number of pyridine rings is 1. The van der Waals surface area contributed by atoms with E-state index in [1.807, 2.05) is 6.07 Å². The van der Waals surface area contributed by atoms with E-state index in [9.17, 15) is 9.59 Å². The molecule has 0 bridgehead atoms. The Bertz CT molecular complexity index is 1530. The van der Waals surface area contributed by atoms with Gasteiger partial charge in [0.05, 0.1) is 30.1 Å². The largest absolute Gasteiger partial charge is 0.439 e. The predicted molar refractivity (Wildman–Crippen MR) is 126 cm³/mol. The molecule has 0 aliphatic rings. The van der Waals surface area contributed by atoms with Crippen LogP contribution in [0.4, 0.5) is 5.69 Å². The van der Waals surface area contributed by atoms with Crippen LogP contribution in [0.2, 0.25) is 5.02 Å². The summed E-state index contributed by atoms with van der Waals surface area (Å²) in [6, 6.07) is 19.0. The van der Waals surface area contributed by atoms with Gasteiger partial charge in [-0.2, -0.15) is 5.26 Å². The first-order valence-corrected chi connectivity index (χ1v) is 10.7. The summed E-state index contributed by atoms with van der Waals surface area (Å²) in [5.41, 5.74) is 0.835. The molecule has 10 heteroatoms. The van der Waals surface area contributed by atoms with Crippen molar-refractivity contribution < 1.29 is 4.74 Å². The summed E-state index contributed by atoms with van der Waals surface area (Å²) >= 11 is 5.96. The second-order valence-electron chi connectivity index (χ2n) is 7.20. The molecule has 34 heavy (non-hydrogen) atoms. The monoisotopic (exact) mass is 474 g/mol. The molecular formula is C24H19ClN6O3. The van der Waals surface area contributed by atoms with E-state index in [0.29, 0.717) is 27.9 Å². The molecule has 0 atom stereocenters. The first-order valence-electron chi connectivity index (χ1n) is 10.3. The lowest BCUT2D eigenvalue weighted by atomic mass is 10.2. The third-order valence-electron chi connectivity index (χ3n) is 4.91. The third kappa shape index (κ3) is 5.14. The Hall–Kier alpha value is -4.42. The molecule has 0 fully saturated rings. The second kappa shape index (κ2) is 10.0. The van der Waals surface area contributed by atoms with Gasteiger partial charge >= 0.3 is 11.4 Å². The van der Waals surface area contributed by atoms with Crippen molar-refractivity contribution in [2.24, 2.45) is 4.99 Å². The Morgan fingerprint density at radius 3 is 2.41 bits per heavy atom. The summed E-state index contributed by atoms with van der Waals surface area (Å²) in [7, 11) is 0. The highest BCUT2D eigenvalue weighted by Crippen LogP contribution is 2.21. The van der Waals surface area contributed by atoms with E-state index in [-0.39, 0.29) is 18.7 Å². The van der Waals surface area contributed by atoms with E-state index in [2.05, 4.69) is 15.0 Å². The number of nitrogens with one attached hydrogen (secondary N) is 1. The fraction of sp³-hybridized carbons (Fsp3) is 0.125. The minimum Gasteiger partial charge on any atom is -0.439 e. The van der Waals surface area contributed by atoms with Crippen molar-refractivity contribution in [1.82, 2.24) is 19.1 Å². The summed E-state index contributed by atoms with van der Waals surface area (Å²) in [4.78, 5) is 36.7. The Morgan fingerprint density at radius 1 is 1.06 bits per heavy atom. The van der Waals surface area contributed by atoms with Crippen molar-refractivity contribution in [1.29, 1.82) is 5.26 Å². The molecule has 2 heterocycles. The number of aromatic amines is 1. The summed E-state index contributed by atoms with van der Waals surface area (Å²) in [6.07, 6.45) is 1.47. The number of ether oxygens (including phenoxy) is 1. The zero-order valence-corrected chi connectivity index (χ0v) is 18.9. The smallest absolute Gasteiger partial charge is 0.335 e. The predicted octanol–water partition coefficient (Wildman–Crippen LogP) is 3.35. The molecule has 0 aliphatic heterocycles. The van der Waals surface area contributed by atoms with Crippen LogP contribution in [-0.4, -0.2) is 19.1 Å². The van der Waals surface area contributed by atoms with Crippen molar-refractivity contribution in [3.8, 4) is 17.7 Å². The minimum absolute atomic E-state index is 0.0946. The summed E-state index contributed by atoms with van der Waals surface area (Å²) in [5.74, 6) is 0.858. The Balaban J connectivity index is 1.68. The number of H-pyrrole nitrogens is 1. The van der Waals surface area contributed by atoms with Crippen molar-refractivity contribution >= 4 is 17.3 Å². The topological polar surface area (TPSA) is 118 Å². The molecule has 2 aromatic carbocycles. The average molecular weight is 475 g/mol. The standard InChI is InChI=1S/C24H19ClN6O3/c1-2-30-23(32)29-22(31(24(30)33)15-17-3-7-18(25)8-4-17)28-19-9-12-21(27-14-19)34-20-10-5-16(13-26)6-11-20/h3-12,14H,2,15H2,1H3,(H,28,29,32). The Labute approximate surface area is 198 Å². The highest BCUT2D eigenvalue weighted by molar-refractivity contribution is 6.30. The van der Waals surface area contributed by atoms with Gasteiger partial charge in [-0.3, -0.25) is 9.55 Å². The molecule has 0 saturated heterocycles.